The molecule has 1 aromatic carbocycles. The van der Waals surface area contributed by atoms with E-state index in [-0.39, 0.29) is 29.6 Å². The monoisotopic (exact) mass is 452 g/mol. The number of thiazole rings is 1. The molecule has 2 fully saturated rings. The fourth-order valence-corrected chi connectivity index (χ4v) is 6.23. The zero-order valence-electron chi connectivity index (χ0n) is 18.3. The van der Waals surface area contributed by atoms with Gasteiger partial charge in [0.15, 0.2) is 5.13 Å². The van der Waals surface area contributed by atoms with Gasteiger partial charge in [0.25, 0.3) is 0 Å². The average Bonchev–Trinajstić information content (AvgIpc) is 3.31. The minimum absolute atomic E-state index is 0.183. The van der Waals surface area contributed by atoms with E-state index >= 15 is 0 Å². The highest BCUT2D eigenvalue weighted by atomic mass is 32.1. The molecule has 168 valence electrons. The van der Waals surface area contributed by atoms with Gasteiger partial charge in [-0.05, 0) is 25.3 Å². The third-order valence-corrected chi connectivity index (χ3v) is 7.93. The normalized spacial score (nSPS) is 24.2. The number of imide groups is 1. The van der Waals surface area contributed by atoms with E-state index in [1.807, 2.05) is 6.07 Å². The maximum atomic E-state index is 12.9. The summed E-state index contributed by atoms with van der Waals surface area (Å²) in [6, 6.07) is 9.57. The summed E-state index contributed by atoms with van der Waals surface area (Å²) in [6.07, 6.45) is 4.29. The first-order valence-corrected chi connectivity index (χ1v) is 12.3. The molecule has 8 heteroatoms. The lowest BCUT2D eigenvalue weighted by Gasteiger charge is -2.25. The predicted molar refractivity (Wildman–Crippen MR) is 122 cm³/mol. The third kappa shape index (κ3) is 3.97. The standard InChI is InChI=1S/C24H28N4O3S/c1-15(28-22(30)17-9-5-6-10-18(17)23(28)31)21(29)26-24-25-19-11-12-27(14-20(19)32-24)13-16-7-3-2-4-8-16/h2-4,7-8,15,17-18H,5-6,9-14H2,1H3,(H,25,26,29). The molecule has 1 saturated heterocycles. The van der Waals surface area contributed by atoms with Crippen molar-refractivity contribution in [2.45, 2.75) is 58.2 Å². The summed E-state index contributed by atoms with van der Waals surface area (Å²) in [4.78, 5) is 47.9. The number of nitrogens with zero attached hydrogens (tertiary/aromatic N) is 3. The summed E-state index contributed by atoms with van der Waals surface area (Å²) in [6.45, 7) is 4.25. The Bertz CT molecular complexity index is 1010. The maximum Gasteiger partial charge on any atom is 0.249 e. The van der Waals surface area contributed by atoms with Crippen LogP contribution in [0.15, 0.2) is 30.3 Å². The van der Waals surface area contributed by atoms with E-state index in [0.717, 1.165) is 62.3 Å². The van der Waals surface area contributed by atoms with Crippen LogP contribution in [0.1, 0.15) is 48.7 Å². The van der Waals surface area contributed by atoms with Gasteiger partial charge in [-0.2, -0.15) is 0 Å². The van der Waals surface area contributed by atoms with Gasteiger partial charge in [0.2, 0.25) is 17.7 Å². The largest absolute Gasteiger partial charge is 0.300 e. The van der Waals surface area contributed by atoms with Crippen LogP contribution in [0.25, 0.3) is 0 Å². The molecule has 3 heterocycles. The molecule has 3 amide bonds. The van der Waals surface area contributed by atoms with Crippen molar-refractivity contribution in [1.29, 1.82) is 0 Å². The molecule has 2 aliphatic heterocycles. The molecule has 32 heavy (non-hydrogen) atoms. The third-order valence-electron chi connectivity index (χ3n) is 6.93. The quantitative estimate of drug-likeness (QED) is 0.705. The Kier molecular flexibility index (Phi) is 5.82. The number of carbonyl (C=O) groups excluding carboxylic acids is 3. The first kappa shape index (κ1) is 21.3. The van der Waals surface area contributed by atoms with Crippen molar-refractivity contribution in [1.82, 2.24) is 14.8 Å². The van der Waals surface area contributed by atoms with Crippen molar-refractivity contribution < 1.29 is 14.4 Å². The van der Waals surface area contributed by atoms with E-state index in [1.165, 1.54) is 21.8 Å². The van der Waals surface area contributed by atoms with Gasteiger partial charge in [0.05, 0.1) is 17.5 Å². The van der Waals surface area contributed by atoms with E-state index in [4.69, 9.17) is 0 Å². The molecule has 2 aromatic rings. The van der Waals surface area contributed by atoms with Crippen molar-refractivity contribution in [2.75, 3.05) is 11.9 Å². The van der Waals surface area contributed by atoms with Crippen LogP contribution >= 0.6 is 11.3 Å². The van der Waals surface area contributed by atoms with Gasteiger partial charge in [-0.3, -0.25) is 24.2 Å². The summed E-state index contributed by atoms with van der Waals surface area (Å²) in [5, 5.41) is 3.41. The molecule has 1 N–H and O–H groups in total. The van der Waals surface area contributed by atoms with E-state index in [9.17, 15) is 14.4 Å². The first-order chi connectivity index (χ1) is 15.5. The molecule has 3 unspecified atom stereocenters. The minimum Gasteiger partial charge on any atom is -0.300 e. The van der Waals surface area contributed by atoms with E-state index in [1.54, 1.807) is 6.92 Å². The number of fused-ring (bicyclic) bond motifs is 2. The van der Waals surface area contributed by atoms with Gasteiger partial charge >= 0.3 is 0 Å². The molecule has 3 aliphatic rings. The van der Waals surface area contributed by atoms with Crippen LogP contribution in [0.5, 0.6) is 0 Å². The molecule has 0 bridgehead atoms. The summed E-state index contributed by atoms with van der Waals surface area (Å²) < 4.78 is 0. The minimum atomic E-state index is -0.823. The smallest absolute Gasteiger partial charge is 0.249 e. The lowest BCUT2D eigenvalue weighted by Crippen LogP contribution is -2.46. The molecule has 3 atom stereocenters. The van der Waals surface area contributed by atoms with Crippen LogP contribution in [0.3, 0.4) is 0 Å². The number of benzene rings is 1. The number of aromatic nitrogens is 1. The van der Waals surface area contributed by atoms with Gasteiger partial charge < -0.3 is 5.32 Å². The van der Waals surface area contributed by atoms with Gasteiger partial charge in [0.1, 0.15) is 6.04 Å². The SMILES string of the molecule is CC(C(=O)Nc1nc2c(s1)CN(Cc1ccccc1)CC2)N1C(=O)C2CCCCC2C1=O. The highest BCUT2D eigenvalue weighted by Crippen LogP contribution is 2.39. The molecule has 0 spiro atoms. The number of rotatable bonds is 5. The number of amides is 3. The van der Waals surface area contributed by atoms with Crippen LogP contribution < -0.4 is 5.32 Å². The van der Waals surface area contributed by atoms with Crippen LogP contribution in [0.2, 0.25) is 0 Å². The predicted octanol–water partition coefficient (Wildman–Crippen LogP) is 3.20. The van der Waals surface area contributed by atoms with Crippen LogP contribution in [0, 0.1) is 11.8 Å². The fraction of sp³-hybridized carbons (Fsp3) is 0.500. The molecule has 5 rings (SSSR count). The second-order valence-corrected chi connectivity index (χ2v) is 10.1. The highest BCUT2D eigenvalue weighted by molar-refractivity contribution is 7.15. The van der Waals surface area contributed by atoms with Crippen LogP contribution in [-0.4, -0.2) is 45.1 Å². The van der Waals surface area contributed by atoms with Gasteiger partial charge in [-0.1, -0.05) is 43.2 Å². The highest BCUT2D eigenvalue weighted by Gasteiger charge is 2.50. The Morgan fingerprint density at radius 1 is 1.16 bits per heavy atom. The van der Waals surface area contributed by atoms with Crippen molar-refractivity contribution in [2.24, 2.45) is 11.8 Å². The second kappa shape index (κ2) is 8.75. The molecule has 0 radical (unpaired) electrons. The van der Waals surface area contributed by atoms with Crippen LogP contribution in [0.4, 0.5) is 5.13 Å². The lowest BCUT2D eigenvalue weighted by atomic mass is 9.81. The van der Waals surface area contributed by atoms with E-state index in [0.29, 0.717) is 5.13 Å². The summed E-state index contributed by atoms with van der Waals surface area (Å²) >= 11 is 1.49. The van der Waals surface area contributed by atoms with Gasteiger partial charge in [-0.25, -0.2) is 4.98 Å². The van der Waals surface area contributed by atoms with Crippen LogP contribution in [-0.2, 0) is 33.9 Å². The van der Waals surface area contributed by atoms with Crippen molar-refractivity contribution in [3.05, 3.63) is 46.5 Å². The average molecular weight is 453 g/mol. The zero-order valence-corrected chi connectivity index (χ0v) is 19.1. The summed E-state index contributed by atoms with van der Waals surface area (Å²) in [5.41, 5.74) is 2.31. The first-order valence-electron chi connectivity index (χ1n) is 11.4. The summed E-state index contributed by atoms with van der Waals surface area (Å²) in [5.74, 6) is -1.20. The molecule has 1 aliphatic carbocycles. The maximum absolute atomic E-state index is 12.9. The number of carbonyl (C=O) groups is 3. The number of hydrogen-bond acceptors (Lipinski definition) is 6. The lowest BCUT2D eigenvalue weighted by molar-refractivity contribution is -0.146. The Labute approximate surface area is 191 Å². The number of anilines is 1. The zero-order chi connectivity index (χ0) is 22.2. The number of likely N-dealkylation sites (tertiary alicyclic amines) is 1. The molecule has 7 nitrogen and oxygen atoms in total. The Morgan fingerprint density at radius 3 is 2.53 bits per heavy atom. The van der Waals surface area contributed by atoms with E-state index in [2.05, 4.69) is 39.5 Å². The van der Waals surface area contributed by atoms with Crippen molar-refractivity contribution in [3.8, 4) is 0 Å². The van der Waals surface area contributed by atoms with E-state index < -0.39 is 6.04 Å². The Hall–Kier alpha value is -2.58. The molecule has 1 aromatic heterocycles. The fourth-order valence-electron chi connectivity index (χ4n) is 5.18. The molecular formula is C24H28N4O3S. The molecular weight excluding hydrogens is 424 g/mol. The topological polar surface area (TPSA) is 82.6 Å². The number of hydrogen-bond donors (Lipinski definition) is 1. The molecule has 1 saturated carbocycles. The Morgan fingerprint density at radius 2 is 1.84 bits per heavy atom. The van der Waals surface area contributed by atoms with Gasteiger partial charge in [-0.15, -0.1) is 11.3 Å². The van der Waals surface area contributed by atoms with Crippen molar-refractivity contribution >= 4 is 34.2 Å². The van der Waals surface area contributed by atoms with Crippen molar-refractivity contribution in [3.63, 3.8) is 0 Å². The summed E-state index contributed by atoms with van der Waals surface area (Å²) in [7, 11) is 0. The van der Waals surface area contributed by atoms with Gasteiger partial charge in [0, 0.05) is 30.9 Å². The number of nitrogens with one attached hydrogen (secondary N) is 1. The second-order valence-electron chi connectivity index (χ2n) is 9.04. The Balaban J connectivity index is 1.23.